The Bertz CT molecular complexity index is 186. The summed E-state index contributed by atoms with van der Waals surface area (Å²) in [5, 5.41) is 0. The normalized spacial score (nSPS) is 26.9. The van der Waals surface area contributed by atoms with Crippen LogP contribution in [0, 0.1) is 11.8 Å². The maximum absolute atomic E-state index is 11.7. The average Bonchev–Trinajstić information content (AvgIpc) is 2.26. The van der Waals surface area contributed by atoms with Crippen molar-refractivity contribution in [3.63, 3.8) is 0 Å². The van der Waals surface area contributed by atoms with Gasteiger partial charge in [0.1, 0.15) is 5.78 Å². The van der Waals surface area contributed by atoms with Gasteiger partial charge in [-0.05, 0) is 25.2 Å². The van der Waals surface area contributed by atoms with E-state index in [2.05, 4.69) is 13.8 Å². The molecule has 88 valence electrons. The van der Waals surface area contributed by atoms with Crippen molar-refractivity contribution in [2.45, 2.75) is 71.6 Å². The number of Topliss-reactive ketones (excluding diaryl/α,β-unsaturated/α-hetero) is 1. The van der Waals surface area contributed by atoms with Crippen LogP contribution < -0.4 is 0 Å². The van der Waals surface area contributed by atoms with Crippen molar-refractivity contribution < 1.29 is 4.79 Å². The molecule has 1 aliphatic rings. The van der Waals surface area contributed by atoms with Crippen LogP contribution in [-0.2, 0) is 4.79 Å². The molecule has 0 aromatic carbocycles. The van der Waals surface area contributed by atoms with Gasteiger partial charge in [-0.1, -0.05) is 46.0 Å². The number of unbranched alkanes of at least 4 members (excludes halogenated alkanes) is 3. The molecule has 1 nitrogen and oxygen atoms in total. The second-order valence-corrected chi connectivity index (χ2v) is 5.06. The van der Waals surface area contributed by atoms with Crippen molar-refractivity contribution in [2.75, 3.05) is 0 Å². The van der Waals surface area contributed by atoms with E-state index in [1.807, 2.05) is 0 Å². The zero-order chi connectivity index (χ0) is 11.1. The summed E-state index contributed by atoms with van der Waals surface area (Å²) >= 11 is 0. The Balaban J connectivity index is 2.22. The summed E-state index contributed by atoms with van der Waals surface area (Å²) in [6.45, 7) is 4.49. The quantitative estimate of drug-likeness (QED) is 0.596. The Hall–Kier alpha value is -0.330. The van der Waals surface area contributed by atoms with Crippen molar-refractivity contribution >= 4 is 5.78 Å². The first-order chi connectivity index (χ1) is 7.27. The Kier molecular flexibility index (Phi) is 5.97. The lowest BCUT2D eigenvalue weighted by Crippen LogP contribution is -2.24. The summed E-state index contributed by atoms with van der Waals surface area (Å²) in [5.74, 6) is 1.80. The molecule has 0 aromatic heterocycles. The fourth-order valence-corrected chi connectivity index (χ4v) is 2.67. The molecule has 15 heavy (non-hydrogen) atoms. The number of carbonyl (C=O) groups is 1. The standard InChI is InChI=1S/C14H26O/c1-3-5-6-7-8-13-11-12(4-2)9-10-14(13)15/h12-13H,3-11H2,1-2H3. The number of hydrogen-bond acceptors (Lipinski definition) is 1. The maximum Gasteiger partial charge on any atom is 0.135 e. The molecule has 2 atom stereocenters. The summed E-state index contributed by atoms with van der Waals surface area (Å²) in [6, 6.07) is 0. The Morgan fingerprint density at radius 3 is 2.67 bits per heavy atom. The third kappa shape index (κ3) is 4.36. The van der Waals surface area contributed by atoms with Crippen LogP contribution in [0.15, 0.2) is 0 Å². The van der Waals surface area contributed by atoms with Gasteiger partial charge < -0.3 is 0 Å². The molecule has 2 unspecified atom stereocenters. The van der Waals surface area contributed by atoms with E-state index >= 15 is 0 Å². The van der Waals surface area contributed by atoms with E-state index < -0.39 is 0 Å². The van der Waals surface area contributed by atoms with Gasteiger partial charge in [-0.25, -0.2) is 0 Å². The third-order valence-corrected chi connectivity index (χ3v) is 3.86. The van der Waals surface area contributed by atoms with Crippen LogP contribution in [0.2, 0.25) is 0 Å². The highest BCUT2D eigenvalue weighted by Gasteiger charge is 2.26. The molecule has 1 heteroatoms. The first kappa shape index (κ1) is 12.7. The molecule has 0 N–H and O–H groups in total. The molecule has 0 heterocycles. The van der Waals surface area contributed by atoms with Crippen LogP contribution in [-0.4, -0.2) is 5.78 Å². The zero-order valence-electron chi connectivity index (χ0n) is 10.4. The van der Waals surface area contributed by atoms with Gasteiger partial charge in [-0.2, -0.15) is 0 Å². The van der Waals surface area contributed by atoms with Gasteiger partial charge in [0.15, 0.2) is 0 Å². The molecule has 1 rings (SSSR count). The molecule has 0 aromatic rings. The summed E-state index contributed by atoms with van der Waals surface area (Å²) in [6.07, 6.45) is 10.8. The molecule has 0 saturated heterocycles. The van der Waals surface area contributed by atoms with E-state index in [0.717, 1.165) is 25.2 Å². The Labute approximate surface area is 94.6 Å². The van der Waals surface area contributed by atoms with Crippen LogP contribution in [0.4, 0.5) is 0 Å². The van der Waals surface area contributed by atoms with Gasteiger partial charge in [-0.15, -0.1) is 0 Å². The lowest BCUT2D eigenvalue weighted by Gasteiger charge is -2.27. The van der Waals surface area contributed by atoms with Crippen LogP contribution >= 0.6 is 0 Å². The van der Waals surface area contributed by atoms with E-state index in [1.54, 1.807) is 0 Å². The van der Waals surface area contributed by atoms with Gasteiger partial charge in [0.25, 0.3) is 0 Å². The molecule has 0 amide bonds. The fraction of sp³-hybridized carbons (Fsp3) is 0.929. The van der Waals surface area contributed by atoms with Crippen molar-refractivity contribution in [3.05, 3.63) is 0 Å². The predicted molar refractivity (Wildman–Crippen MR) is 64.9 cm³/mol. The first-order valence-electron chi connectivity index (χ1n) is 6.80. The number of hydrogen-bond donors (Lipinski definition) is 0. The van der Waals surface area contributed by atoms with Crippen LogP contribution in [0.25, 0.3) is 0 Å². The second kappa shape index (κ2) is 7.03. The highest BCUT2D eigenvalue weighted by Crippen LogP contribution is 2.31. The Morgan fingerprint density at radius 1 is 1.20 bits per heavy atom. The van der Waals surface area contributed by atoms with Crippen LogP contribution in [0.5, 0.6) is 0 Å². The molecular formula is C14H26O. The van der Waals surface area contributed by atoms with Crippen LogP contribution in [0.1, 0.15) is 71.6 Å². The molecule has 1 fully saturated rings. The molecule has 0 spiro atoms. The smallest absolute Gasteiger partial charge is 0.135 e. The number of ketones is 1. The monoisotopic (exact) mass is 210 g/mol. The summed E-state index contributed by atoms with van der Waals surface area (Å²) in [5.41, 5.74) is 0. The van der Waals surface area contributed by atoms with Gasteiger partial charge >= 0.3 is 0 Å². The highest BCUT2D eigenvalue weighted by molar-refractivity contribution is 5.81. The minimum absolute atomic E-state index is 0.417. The summed E-state index contributed by atoms with van der Waals surface area (Å²) < 4.78 is 0. The summed E-state index contributed by atoms with van der Waals surface area (Å²) in [4.78, 5) is 11.7. The van der Waals surface area contributed by atoms with E-state index in [0.29, 0.717) is 11.7 Å². The fourth-order valence-electron chi connectivity index (χ4n) is 2.67. The van der Waals surface area contributed by atoms with E-state index in [1.165, 1.54) is 38.5 Å². The van der Waals surface area contributed by atoms with Crippen molar-refractivity contribution in [1.29, 1.82) is 0 Å². The molecule has 0 aliphatic heterocycles. The maximum atomic E-state index is 11.7. The van der Waals surface area contributed by atoms with Gasteiger partial charge in [0, 0.05) is 12.3 Å². The SMILES string of the molecule is CCCCCCC1CC(CC)CCC1=O. The van der Waals surface area contributed by atoms with Gasteiger partial charge in [-0.3, -0.25) is 4.79 Å². The highest BCUT2D eigenvalue weighted by atomic mass is 16.1. The minimum Gasteiger partial charge on any atom is -0.299 e. The third-order valence-electron chi connectivity index (χ3n) is 3.86. The molecule has 1 saturated carbocycles. The lowest BCUT2D eigenvalue weighted by molar-refractivity contribution is -0.125. The molecular weight excluding hydrogens is 184 g/mol. The van der Waals surface area contributed by atoms with Crippen molar-refractivity contribution in [2.24, 2.45) is 11.8 Å². The van der Waals surface area contributed by atoms with Crippen molar-refractivity contribution in [1.82, 2.24) is 0 Å². The molecule has 0 bridgehead atoms. The molecule has 0 radical (unpaired) electrons. The zero-order valence-corrected chi connectivity index (χ0v) is 10.4. The topological polar surface area (TPSA) is 17.1 Å². The van der Waals surface area contributed by atoms with E-state index in [-0.39, 0.29) is 0 Å². The molecule has 1 aliphatic carbocycles. The Morgan fingerprint density at radius 2 is 2.00 bits per heavy atom. The average molecular weight is 210 g/mol. The van der Waals surface area contributed by atoms with Gasteiger partial charge in [0.05, 0.1) is 0 Å². The van der Waals surface area contributed by atoms with E-state index in [9.17, 15) is 4.79 Å². The second-order valence-electron chi connectivity index (χ2n) is 5.06. The van der Waals surface area contributed by atoms with Gasteiger partial charge in [0.2, 0.25) is 0 Å². The van der Waals surface area contributed by atoms with E-state index in [4.69, 9.17) is 0 Å². The predicted octanol–water partition coefficient (Wildman–Crippen LogP) is 4.35. The lowest BCUT2D eigenvalue weighted by atomic mass is 9.77. The largest absolute Gasteiger partial charge is 0.299 e. The minimum atomic E-state index is 0.417. The number of rotatable bonds is 6. The summed E-state index contributed by atoms with van der Waals surface area (Å²) in [7, 11) is 0. The first-order valence-corrected chi connectivity index (χ1v) is 6.80. The van der Waals surface area contributed by atoms with Crippen LogP contribution in [0.3, 0.4) is 0 Å². The number of carbonyl (C=O) groups excluding carboxylic acids is 1. The van der Waals surface area contributed by atoms with Crippen molar-refractivity contribution in [3.8, 4) is 0 Å².